The van der Waals surface area contributed by atoms with Gasteiger partial charge in [-0.25, -0.2) is 9.97 Å². The number of halogens is 1. The molecule has 0 amide bonds. The van der Waals surface area contributed by atoms with Crippen LogP contribution < -0.4 is 15.5 Å². The molecule has 1 aromatic carbocycles. The fourth-order valence-electron chi connectivity index (χ4n) is 2.47. The van der Waals surface area contributed by atoms with Gasteiger partial charge in [0.1, 0.15) is 12.1 Å². The van der Waals surface area contributed by atoms with Crippen molar-refractivity contribution in [3.63, 3.8) is 0 Å². The average molecular weight is 381 g/mol. The van der Waals surface area contributed by atoms with E-state index in [1.54, 1.807) is 6.33 Å². The largest absolute Gasteiger partial charge is 0.397 e. The Labute approximate surface area is 132 Å². The maximum absolute atomic E-state index is 6.04. The first kappa shape index (κ1) is 13.4. The molecule has 0 unspecified atom stereocenters. The Morgan fingerprint density at radius 1 is 1.05 bits per heavy atom. The topological polar surface area (TPSA) is 58.3 Å². The zero-order chi connectivity index (χ0) is 13.9. The number of para-hydroxylation sites is 2. The van der Waals surface area contributed by atoms with E-state index in [4.69, 9.17) is 5.73 Å². The molecule has 20 heavy (non-hydrogen) atoms. The van der Waals surface area contributed by atoms with Gasteiger partial charge in [-0.3, -0.25) is 0 Å². The molecule has 1 aliphatic rings. The molecule has 0 radical (unpaired) electrons. The zero-order valence-electron chi connectivity index (χ0n) is 11.0. The number of piperazine rings is 1. The molecule has 2 N–H and O–H groups in total. The van der Waals surface area contributed by atoms with E-state index in [2.05, 4.69) is 48.4 Å². The number of nitrogens with zero attached hydrogens (tertiary/aromatic N) is 4. The van der Waals surface area contributed by atoms with Crippen LogP contribution in [0.4, 0.5) is 17.2 Å². The Hall–Kier alpha value is -1.57. The predicted octanol–water partition coefficient (Wildman–Crippen LogP) is 1.99. The lowest BCUT2D eigenvalue weighted by atomic mass is 10.2. The Bertz CT molecular complexity index is 542. The first-order valence-corrected chi connectivity index (χ1v) is 7.63. The van der Waals surface area contributed by atoms with Gasteiger partial charge >= 0.3 is 0 Å². The van der Waals surface area contributed by atoms with Gasteiger partial charge in [0.05, 0.1) is 14.9 Å². The lowest BCUT2D eigenvalue weighted by Crippen LogP contribution is -2.47. The average Bonchev–Trinajstić information content (AvgIpc) is 2.49. The van der Waals surface area contributed by atoms with E-state index in [-0.39, 0.29) is 0 Å². The molecule has 1 aliphatic heterocycles. The Balaban J connectivity index is 1.72. The lowest BCUT2D eigenvalue weighted by Gasteiger charge is -2.37. The summed E-state index contributed by atoms with van der Waals surface area (Å²) >= 11 is 2.28. The predicted molar refractivity (Wildman–Crippen MR) is 90.0 cm³/mol. The van der Waals surface area contributed by atoms with E-state index in [1.807, 2.05) is 24.4 Å². The summed E-state index contributed by atoms with van der Waals surface area (Å²) in [6.45, 7) is 3.80. The Morgan fingerprint density at radius 3 is 2.45 bits per heavy atom. The van der Waals surface area contributed by atoms with Crippen molar-refractivity contribution in [2.75, 3.05) is 41.7 Å². The molecule has 0 saturated carbocycles. The fraction of sp³-hybridized carbons (Fsp3) is 0.286. The minimum absolute atomic E-state index is 0.845. The minimum Gasteiger partial charge on any atom is -0.397 e. The number of rotatable bonds is 2. The van der Waals surface area contributed by atoms with E-state index < -0.39 is 0 Å². The van der Waals surface area contributed by atoms with Gasteiger partial charge in [-0.2, -0.15) is 0 Å². The van der Waals surface area contributed by atoms with Crippen LogP contribution in [0.2, 0.25) is 0 Å². The molecule has 0 bridgehead atoms. The second-order valence-corrected chi connectivity index (χ2v) is 5.89. The molecule has 0 spiro atoms. The molecule has 0 atom stereocenters. The summed E-state index contributed by atoms with van der Waals surface area (Å²) < 4.78 is 1.10. The molecule has 2 heterocycles. The molecule has 5 nitrogen and oxygen atoms in total. The third-order valence-electron chi connectivity index (χ3n) is 3.50. The van der Waals surface area contributed by atoms with E-state index >= 15 is 0 Å². The van der Waals surface area contributed by atoms with Crippen molar-refractivity contribution in [2.24, 2.45) is 0 Å². The number of nitrogen functional groups attached to an aromatic ring is 1. The molecule has 104 valence electrons. The van der Waals surface area contributed by atoms with Crippen molar-refractivity contribution in [2.45, 2.75) is 0 Å². The fourth-order valence-corrected chi connectivity index (χ4v) is 3.11. The van der Waals surface area contributed by atoms with Gasteiger partial charge in [-0.1, -0.05) is 12.1 Å². The van der Waals surface area contributed by atoms with Crippen LogP contribution >= 0.6 is 22.6 Å². The standard InChI is InChI=1S/C14H16IN5/c15-11-9-17-10-18-14(11)20-7-5-19(6-8-20)13-4-2-1-3-12(13)16/h1-4,9-10H,5-8,16H2. The summed E-state index contributed by atoms with van der Waals surface area (Å²) in [5.74, 6) is 1.03. The number of benzene rings is 1. The van der Waals surface area contributed by atoms with Crippen molar-refractivity contribution in [1.29, 1.82) is 0 Å². The van der Waals surface area contributed by atoms with Crippen LogP contribution in [0.1, 0.15) is 0 Å². The van der Waals surface area contributed by atoms with E-state index in [1.165, 1.54) is 0 Å². The minimum atomic E-state index is 0.845. The van der Waals surface area contributed by atoms with Gasteiger partial charge in [-0.05, 0) is 34.7 Å². The van der Waals surface area contributed by atoms with Gasteiger partial charge in [0.15, 0.2) is 0 Å². The SMILES string of the molecule is Nc1ccccc1N1CCN(c2ncncc2I)CC1. The summed E-state index contributed by atoms with van der Waals surface area (Å²) in [5.41, 5.74) is 8.02. The number of anilines is 3. The van der Waals surface area contributed by atoms with Gasteiger partial charge in [0, 0.05) is 32.4 Å². The molecular weight excluding hydrogens is 365 g/mol. The van der Waals surface area contributed by atoms with Gasteiger partial charge < -0.3 is 15.5 Å². The van der Waals surface area contributed by atoms with Crippen LogP contribution in [0.5, 0.6) is 0 Å². The monoisotopic (exact) mass is 381 g/mol. The van der Waals surface area contributed by atoms with Crippen molar-refractivity contribution in [3.8, 4) is 0 Å². The summed E-state index contributed by atoms with van der Waals surface area (Å²) in [6, 6.07) is 8.04. The van der Waals surface area contributed by atoms with Crippen LogP contribution in [0.25, 0.3) is 0 Å². The normalized spacial score (nSPS) is 15.4. The van der Waals surface area contributed by atoms with Crippen LogP contribution in [0, 0.1) is 3.57 Å². The Kier molecular flexibility index (Phi) is 3.90. The highest BCUT2D eigenvalue weighted by molar-refractivity contribution is 14.1. The number of hydrogen-bond acceptors (Lipinski definition) is 5. The number of nitrogens with two attached hydrogens (primary N) is 1. The molecule has 1 aromatic heterocycles. The molecule has 0 aliphatic carbocycles. The third-order valence-corrected chi connectivity index (χ3v) is 4.27. The molecule has 1 fully saturated rings. The lowest BCUT2D eigenvalue weighted by molar-refractivity contribution is 0.646. The van der Waals surface area contributed by atoms with Crippen LogP contribution in [-0.4, -0.2) is 36.1 Å². The Morgan fingerprint density at radius 2 is 1.75 bits per heavy atom. The quantitative estimate of drug-likeness (QED) is 0.637. The molecule has 6 heteroatoms. The second-order valence-electron chi connectivity index (χ2n) is 4.73. The first-order chi connectivity index (χ1) is 9.75. The highest BCUT2D eigenvalue weighted by atomic mass is 127. The highest BCUT2D eigenvalue weighted by Gasteiger charge is 2.20. The molecule has 3 rings (SSSR count). The molecule has 1 saturated heterocycles. The van der Waals surface area contributed by atoms with Crippen molar-refractivity contribution in [1.82, 2.24) is 9.97 Å². The van der Waals surface area contributed by atoms with Crippen molar-refractivity contribution in [3.05, 3.63) is 40.4 Å². The van der Waals surface area contributed by atoms with Crippen molar-refractivity contribution >= 4 is 39.8 Å². The molecule has 2 aromatic rings. The zero-order valence-corrected chi connectivity index (χ0v) is 13.2. The van der Waals surface area contributed by atoms with E-state index in [0.717, 1.165) is 46.9 Å². The second kappa shape index (κ2) is 5.82. The maximum Gasteiger partial charge on any atom is 0.145 e. The van der Waals surface area contributed by atoms with Gasteiger partial charge in [0.2, 0.25) is 0 Å². The summed E-state index contributed by atoms with van der Waals surface area (Å²) in [7, 11) is 0. The first-order valence-electron chi connectivity index (χ1n) is 6.55. The third kappa shape index (κ3) is 2.65. The van der Waals surface area contributed by atoms with Crippen LogP contribution in [0.3, 0.4) is 0 Å². The highest BCUT2D eigenvalue weighted by Crippen LogP contribution is 2.25. The van der Waals surface area contributed by atoms with Gasteiger partial charge in [-0.15, -0.1) is 0 Å². The van der Waals surface area contributed by atoms with Gasteiger partial charge in [0.25, 0.3) is 0 Å². The van der Waals surface area contributed by atoms with E-state index in [9.17, 15) is 0 Å². The summed E-state index contributed by atoms with van der Waals surface area (Å²) in [4.78, 5) is 13.1. The smallest absolute Gasteiger partial charge is 0.145 e. The number of hydrogen-bond donors (Lipinski definition) is 1. The summed E-state index contributed by atoms with van der Waals surface area (Å²) in [5, 5.41) is 0. The van der Waals surface area contributed by atoms with Crippen LogP contribution in [-0.2, 0) is 0 Å². The number of aromatic nitrogens is 2. The molecular formula is C14H16IN5. The van der Waals surface area contributed by atoms with Crippen LogP contribution in [0.15, 0.2) is 36.8 Å². The summed E-state index contributed by atoms with van der Waals surface area (Å²) in [6.07, 6.45) is 3.46. The van der Waals surface area contributed by atoms with Crippen molar-refractivity contribution < 1.29 is 0 Å². The van der Waals surface area contributed by atoms with E-state index in [0.29, 0.717) is 0 Å². The maximum atomic E-state index is 6.04.